The molecule has 0 amide bonds. The standard InChI is InChI=1S/C26H18Br2O5/c27-21-12-16(14-25(30)31)13-22(28)26(21)33-20-10-11-23(29)24(15-20)32-19-8-6-18(7-9-19)17-4-2-1-3-5-17/h1-13,15,29H,14H2,(H,30,31). The fourth-order valence-corrected chi connectivity index (χ4v) is 4.66. The topological polar surface area (TPSA) is 76.0 Å². The highest BCUT2D eigenvalue weighted by atomic mass is 79.9. The first kappa shape index (κ1) is 22.9. The number of phenols is 1. The van der Waals surface area contributed by atoms with Gasteiger partial charge in [0.1, 0.15) is 11.5 Å². The molecule has 7 heteroatoms. The minimum atomic E-state index is -0.917. The number of benzene rings is 4. The summed E-state index contributed by atoms with van der Waals surface area (Å²) in [4.78, 5) is 11.0. The van der Waals surface area contributed by atoms with Crippen molar-refractivity contribution in [3.05, 3.63) is 99.4 Å². The van der Waals surface area contributed by atoms with Crippen LogP contribution in [-0.4, -0.2) is 16.2 Å². The number of carboxylic acid groups (broad SMARTS) is 1. The minimum absolute atomic E-state index is 0.0237. The third-order valence-corrected chi connectivity index (χ3v) is 5.93. The quantitative estimate of drug-likeness (QED) is 0.237. The van der Waals surface area contributed by atoms with Crippen LogP contribution in [0.2, 0.25) is 0 Å². The Morgan fingerprint density at radius 1 is 0.758 bits per heavy atom. The predicted molar refractivity (Wildman–Crippen MR) is 133 cm³/mol. The highest BCUT2D eigenvalue weighted by Crippen LogP contribution is 2.41. The molecule has 0 unspecified atom stereocenters. The van der Waals surface area contributed by atoms with E-state index in [2.05, 4.69) is 31.9 Å². The lowest BCUT2D eigenvalue weighted by Crippen LogP contribution is -2.00. The Morgan fingerprint density at radius 3 is 2.00 bits per heavy atom. The van der Waals surface area contributed by atoms with Crippen LogP contribution in [0, 0.1) is 0 Å². The van der Waals surface area contributed by atoms with Crippen LogP contribution >= 0.6 is 31.9 Å². The van der Waals surface area contributed by atoms with E-state index in [0.29, 0.717) is 31.8 Å². The second-order valence-corrected chi connectivity index (χ2v) is 8.89. The summed E-state index contributed by atoms with van der Waals surface area (Å²) in [5, 5.41) is 19.3. The van der Waals surface area contributed by atoms with E-state index in [1.165, 1.54) is 6.07 Å². The zero-order valence-corrected chi connectivity index (χ0v) is 20.3. The smallest absolute Gasteiger partial charge is 0.307 e. The molecule has 0 aliphatic rings. The van der Waals surface area contributed by atoms with Gasteiger partial charge in [-0.1, -0.05) is 42.5 Å². The minimum Gasteiger partial charge on any atom is -0.504 e. The van der Waals surface area contributed by atoms with Gasteiger partial charge in [0.05, 0.1) is 15.4 Å². The van der Waals surface area contributed by atoms with Gasteiger partial charge in [-0.2, -0.15) is 0 Å². The Balaban J connectivity index is 1.53. The Kier molecular flexibility index (Phi) is 7.01. The zero-order valence-electron chi connectivity index (χ0n) is 17.2. The van der Waals surface area contributed by atoms with Crippen LogP contribution in [-0.2, 0) is 11.2 Å². The summed E-state index contributed by atoms with van der Waals surface area (Å²) in [6.45, 7) is 0. The number of aliphatic carboxylic acids is 1. The van der Waals surface area contributed by atoms with Crippen LogP contribution < -0.4 is 9.47 Å². The highest BCUT2D eigenvalue weighted by Gasteiger charge is 2.14. The molecule has 0 aliphatic heterocycles. The number of aromatic hydroxyl groups is 1. The van der Waals surface area contributed by atoms with E-state index >= 15 is 0 Å². The Morgan fingerprint density at radius 2 is 1.36 bits per heavy atom. The first-order valence-electron chi connectivity index (χ1n) is 9.93. The van der Waals surface area contributed by atoms with Crippen LogP contribution in [0.4, 0.5) is 0 Å². The summed E-state index contributed by atoms with van der Waals surface area (Å²) in [6.07, 6.45) is -0.0995. The Labute approximate surface area is 207 Å². The summed E-state index contributed by atoms with van der Waals surface area (Å²) in [6, 6.07) is 25.7. The van der Waals surface area contributed by atoms with Crippen LogP contribution in [0.1, 0.15) is 5.56 Å². The molecule has 0 spiro atoms. The molecule has 0 heterocycles. The van der Waals surface area contributed by atoms with Crippen molar-refractivity contribution in [2.24, 2.45) is 0 Å². The van der Waals surface area contributed by atoms with Crippen molar-refractivity contribution < 1.29 is 24.5 Å². The molecule has 0 fully saturated rings. The SMILES string of the molecule is O=C(O)Cc1cc(Br)c(Oc2ccc(O)c(Oc3ccc(-c4ccccc4)cc3)c2)c(Br)c1. The number of ether oxygens (including phenoxy) is 2. The molecule has 166 valence electrons. The summed E-state index contributed by atoms with van der Waals surface area (Å²) in [5.74, 6) is 0.797. The van der Waals surface area contributed by atoms with Gasteiger partial charge < -0.3 is 19.7 Å². The second kappa shape index (κ2) is 10.1. The van der Waals surface area contributed by atoms with E-state index in [0.717, 1.165) is 11.1 Å². The summed E-state index contributed by atoms with van der Waals surface area (Å²) in [7, 11) is 0. The van der Waals surface area contributed by atoms with Crippen LogP contribution in [0.3, 0.4) is 0 Å². The molecule has 0 radical (unpaired) electrons. The van der Waals surface area contributed by atoms with Gasteiger partial charge in [-0.25, -0.2) is 0 Å². The maximum Gasteiger partial charge on any atom is 0.307 e. The number of phenolic OH excluding ortho intramolecular Hbond substituents is 1. The third kappa shape index (κ3) is 5.74. The van der Waals surface area contributed by atoms with Crippen LogP contribution in [0.25, 0.3) is 11.1 Å². The monoisotopic (exact) mass is 568 g/mol. The molecule has 5 nitrogen and oxygen atoms in total. The van der Waals surface area contributed by atoms with Gasteiger partial charge in [0.15, 0.2) is 17.2 Å². The number of halogens is 2. The molecule has 4 aromatic rings. The molecule has 0 saturated heterocycles. The van der Waals surface area contributed by atoms with Gasteiger partial charge in [0.25, 0.3) is 0 Å². The van der Waals surface area contributed by atoms with E-state index in [1.54, 1.807) is 24.3 Å². The van der Waals surface area contributed by atoms with Gasteiger partial charge >= 0.3 is 5.97 Å². The van der Waals surface area contributed by atoms with Crippen molar-refractivity contribution >= 4 is 37.8 Å². The van der Waals surface area contributed by atoms with E-state index in [4.69, 9.17) is 14.6 Å². The van der Waals surface area contributed by atoms with Crippen molar-refractivity contribution in [3.63, 3.8) is 0 Å². The molecule has 0 saturated carbocycles. The molecule has 0 aromatic heterocycles. The fraction of sp³-hybridized carbons (Fsp3) is 0.0385. The van der Waals surface area contributed by atoms with E-state index < -0.39 is 5.97 Å². The number of hydrogen-bond acceptors (Lipinski definition) is 4. The van der Waals surface area contributed by atoms with Crippen molar-refractivity contribution in [2.45, 2.75) is 6.42 Å². The molecule has 4 rings (SSSR count). The van der Waals surface area contributed by atoms with Crippen LogP contribution in [0.15, 0.2) is 93.9 Å². The molecule has 0 aliphatic carbocycles. The summed E-state index contributed by atoms with van der Waals surface area (Å²) >= 11 is 6.86. The normalized spacial score (nSPS) is 10.6. The molecular formula is C26H18Br2O5. The predicted octanol–water partition coefficient (Wildman–Crippen LogP) is 7.80. The van der Waals surface area contributed by atoms with Crippen molar-refractivity contribution in [1.82, 2.24) is 0 Å². The number of rotatable bonds is 7. The molecule has 0 bridgehead atoms. The first-order chi connectivity index (χ1) is 15.9. The lowest BCUT2D eigenvalue weighted by molar-refractivity contribution is -0.136. The third-order valence-electron chi connectivity index (χ3n) is 4.75. The summed E-state index contributed by atoms with van der Waals surface area (Å²) in [5.41, 5.74) is 2.79. The Bertz CT molecular complexity index is 1270. The number of carbonyl (C=O) groups is 1. The van der Waals surface area contributed by atoms with Gasteiger partial charge in [-0.05, 0) is 84.9 Å². The zero-order chi connectivity index (χ0) is 23.4. The number of hydrogen-bond donors (Lipinski definition) is 2. The van der Waals surface area contributed by atoms with Crippen molar-refractivity contribution in [2.75, 3.05) is 0 Å². The van der Waals surface area contributed by atoms with Crippen molar-refractivity contribution in [1.29, 1.82) is 0 Å². The fourth-order valence-electron chi connectivity index (χ4n) is 3.22. The van der Waals surface area contributed by atoms with E-state index in [9.17, 15) is 9.90 Å². The van der Waals surface area contributed by atoms with Crippen LogP contribution in [0.5, 0.6) is 28.7 Å². The van der Waals surface area contributed by atoms with E-state index in [1.807, 2.05) is 54.6 Å². The van der Waals surface area contributed by atoms with Gasteiger partial charge in [0, 0.05) is 6.07 Å². The lowest BCUT2D eigenvalue weighted by atomic mass is 10.1. The van der Waals surface area contributed by atoms with Gasteiger partial charge in [-0.3, -0.25) is 4.79 Å². The molecular weight excluding hydrogens is 552 g/mol. The second-order valence-electron chi connectivity index (χ2n) is 7.18. The average Bonchev–Trinajstić information content (AvgIpc) is 2.79. The van der Waals surface area contributed by atoms with Gasteiger partial charge in [-0.15, -0.1) is 0 Å². The maximum absolute atomic E-state index is 11.0. The van der Waals surface area contributed by atoms with E-state index in [-0.39, 0.29) is 17.9 Å². The van der Waals surface area contributed by atoms with Crippen molar-refractivity contribution in [3.8, 4) is 39.9 Å². The maximum atomic E-state index is 11.0. The molecule has 33 heavy (non-hydrogen) atoms. The average molecular weight is 570 g/mol. The first-order valence-corrected chi connectivity index (χ1v) is 11.5. The molecule has 0 atom stereocenters. The van der Waals surface area contributed by atoms with Gasteiger partial charge in [0.2, 0.25) is 0 Å². The Hall–Kier alpha value is -3.29. The molecule has 4 aromatic carbocycles. The molecule has 2 N–H and O–H groups in total. The largest absolute Gasteiger partial charge is 0.504 e. The highest BCUT2D eigenvalue weighted by molar-refractivity contribution is 9.11. The summed E-state index contributed by atoms with van der Waals surface area (Å²) < 4.78 is 13.1. The number of carboxylic acids is 1. The lowest BCUT2D eigenvalue weighted by Gasteiger charge is -2.14.